The van der Waals surface area contributed by atoms with Crippen molar-refractivity contribution in [3.8, 4) is 16.9 Å². The van der Waals surface area contributed by atoms with Crippen molar-refractivity contribution in [1.82, 2.24) is 15.4 Å². The number of pyridine rings is 1. The van der Waals surface area contributed by atoms with Gasteiger partial charge in [0, 0.05) is 29.7 Å². The summed E-state index contributed by atoms with van der Waals surface area (Å²) in [6.45, 7) is 3.82. The maximum Gasteiger partial charge on any atom is 0.277 e. The van der Waals surface area contributed by atoms with Crippen molar-refractivity contribution in [2.75, 3.05) is 6.61 Å². The minimum absolute atomic E-state index is 0.110. The van der Waals surface area contributed by atoms with Gasteiger partial charge in [-0.15, -0.1) is 0 Å². The number of H-pyrrole nitrogens is 1. The Morgan fingerprint density at radius 1 is 1.13 bits per heavy atom. The summed E-state index contributed by atoms with van der Waals surface area (Å²) in [5.41, 5.74) is 8.46. The lowest BCUT2D eigenvalue weighted by Crippen LogP contribution is -2.25. The van der Waals surface area contributed by atoms with E-state index in [1.165, 1.54) is 0 Å². The SMILES string of the molecule is Cc1cc(-c2cccnc2)cc(C)c1OCC(=O)NN=Cc1ccc2cc[nH]c2c1. The fraction of sp³-hybridized carbons (Fsp3) is 0.125. The summed E-state index contributed by atoms with van der Waals surface area (Å²) in [5.74, 6) is 0.390. The van der Waals surface area contributed by atoms with Crippen LogP contribution in [0.3, 0.4) is 0 Å². The van der Waals surface area contributed by atoms with Gasteiger partial charge in [0.2, 0.25) is 0 Å². The highest BCUT2D eigenvalue weighted by atomic mass is 16.5. The molecule has 0 atom stereocenters. The number of hydrogen-bond acceptors (Lipinski definition) is 4. The number of carbonyl (C=O) groups excluding carboxylic acids is 1. The fourth-order valence-electron chi connectivity index (χ4n) is 3.37. The van der Waals surface area contributed by atoms with Crippen LogP contribution in [-0.2, 0) is 4.79 Å². The summed E-state index contributed by atoms with van der Waals surface area (Å²) in [6.07, 6.45) is 7.07. The van der Waals surface area contributed by atoms with Gasteiger partial charge in [-0.05, 0) is 71.8 Å². The summed E-state index contributed by atoms with van der Waals surface area (Å²) in [6, 6.07) is 15.9. The van der Waals surface area contributed by atoms with Gasteiger partial charge in [-0.3, -0.25) is 9.78 Å². The Morgan fingerprint density at radius 3 is 2.73 bits per heavy atom. The summed E-state index contributed by atoms with van der Waals surface area (Å²) >= 11 is 0. The minimum atomic E-state index is -0.317. The number of ether oxygens (including phenoxy) is 1. The van der Waals surface area contributed by atoms with E-state index in [4.69, 9.17) is 4.74 Å². The molecule has 0 saturated carbocycles. The highest BCUT2D eigenvalue weighted by Gasteiger charge is 2.10. The van der Waals surface area contributed by atoms with Gasteiger partial charge in [0.05, 0.1) is 6.21 Å². The van der Waals surface area contributed by atoms with Crippen molar-refractivity contribution in [3.05, 3.63) is 83.8 Å². The van der Waals surface area contributed by atoms with E-state index in [2.05, 4.69) is 20.5 Å². The maximum atomic E-state index is 12.1. The largest absolute Gasteiger partial charge is 0.483 e. The number of aromatic nitrogens is 2. The Balaban J connectivity index is 1.36. The molecule has 0 aliphatic rings. The van der Waals surface area contributed by atoms with Crippen LogP contribution in [0.1, 0.15) is 16.7 Å². The number of aromatic amines is 1. The lowest BCUT2D eigenvalue weighted by atomic mass is 10.0. The van der Waals surface area contributed by atoms with Crippen molar-refractivity contribution in [3.63, 3.8) is 0 Å². The maximum absolute atomic E-state index is 12.1. The van der Waals surface area contributed by atoms with E-state index in [1.54, 1.807) is 12.4 Å². The van der Waals surface area contributed by atoms with E-state index in [-0.39, 0.29) is 12.5 Å². The first-order valence-corrected chi connectivity index (χ1v) is 9.63. The Bertz CT molecular complexity index is 1190. The molecule has 2 heterocycles. The molecule has 2 aromatic heterocycles. The van der Waals surface area contributed by atoms with Crippen LogP contribution in [0.15, 0.2) is 72.2 Å². The third-order valence-electron chi connectivity index (χ3n) is 4.78. The highest BCUT2D eigenvalue weighted by Crippen LogP contribution is 2.29. The molecular formula is C24H22N4O2. The quantitative estimate of drug-likeness (QED) is 0.374. The molecule has 2 aromatic carbocycles. The number of hydrazone groups is 1. The summed E-state index contributed by atoms with van der Waals surface area (Å²) in [4.78, 5) is 19.4. The van der Waals surface area contributed by atoms with E-state index in [0.29, 0.717) is 5.75 Å². The normalized spacial score (nSPS) is 11.1. The van der Waals surface area contributed by atoms with Gasteiger partial charge in [0.15, 0.2) is 6.61 Å². The molecule has 0 spiro atoms. The number of amides is 1. The first-order valence-electron chi connectivity index (χ1n) is 9.63. The molecule has 150 valence electrons. The molecule has 0 bridgehead atoms. The van der Waals surface area contributed by atoms with Crippen molar-refractivity contribution in [2.24, 2.45) is 5.10 Å². The van der Waals surface area contributed by atoms with Gasteiger partial charge in [-0.1, -0.05) is 18.2 Å². The molecule has 1 amide bonds. The molecule has 0 aliphatic carbocycles. The monoisotopic (exact) mass is 398 g/mol. The van der Waals surface area contributed by atoms with Gasteiger partial charge < -0.3 is 9.72 Å². The van der Waals surface area contributed by atoms with E-state index >= 15 is 0 Å². The average Bonchev–Trinajstić information content (AvgIpc) is 3.21. The number of carbonyl (C=O) groups is 1. The first kappa shape index (κ1) is 19.4. The fourth-order valence-corrected chi connectivity index (χ4v) is 3.37. The second-order valence-corrected chi connectivity index (χ2v) is 7.09. The van der Waals surface area contributed by atoms with Crippen molar-refractivity contribution < 1.29 is 9.53 Å². The Labute approximate surface area is 174 Å². The van der Waals surface area contributed by atoms with Gasteiger partial charge in [-0.2, -0.15) is 5.10 Å². The Morgan fingerprint density at radius 2 is 1.97 bits per heavy atom. The second kappa shape index (κ2) is 8.61. The number of nitrogens with one attached hydrogen (secondary N) is 2. The Kier molecular flexibility index (Phi) is 5.57. The van der Waals surface area contributed by atoms with Crippen molar-refractivity contribution >= 4 is 23.0 Å². The van der Waals surface area contributed by atoms with E-state index in [0.717, 1.165) is 38.7 Å². The van der Waals surface area contributed by atoms with Gasteiger partial charge in [0.1, 0.15) is 5.75 Å². The molecular weight excluding hydrogens is 376 g/mol. The highest BCUT2D eigenvalue weighted by molar-refractivity contribution is 5.89. The first-order chi connectivity index (χ1) is 14.6. The molecule has 0 radical (unpaired) electrons. The van der Waals surface area contributed by atoms with Gasteiger partial charge in [0.25, 0.3) is 5.91 Å². The van der Waals surface area contributed by atoms with Gasteiger partial charge in [-0.25, -0.2) is 5.43 Å². The van der Waals surface area contributed by atoms with Crippen LogP contribution < -0.4 is 10.2 Å². The van der Waals surface area contributed by atoms with Crippen LogP contribution in [0, 0.1) is 13.8 Å². The Hall–Kier alpha value is -3.93. The molecule has 6 heteroatoms. The molecule has 0 aliphatic heterocycles. The third kappa shape index (κ3) is 4.38. The smallest absolute Gasteiger partial charge is 0.277 e. The average molecular weight is 398 g/mol. The molecule has 0 fully saturated rings. The van der Waals surface area contributed by atoms with Crippen LogP contribution in [0.2, 0.25) is 0 Å². The van der Waals surface area contributed by atoms with Crippen LogP contribution >= 0.6 is 0 Å². The van der Waals surface area contributed by atoms with E-state index in [9.17, 15) is 4.79 Å². The topological polar surface area (TPSA) is 79.4 Å². The molecule has 0 saturated heterocycles. The van der Waals surface area contributed by atoms with Crippen molar-refractivity contribution in [1.29, 1.82) is 0 Å². The number of aryl methyl sites for hydroxylation is 2. The van der Waals surface area contributed by atoms with Crippen LogP contribution in [0.4, 0.5) is 0 Å². The molecule has 30 heavy (non-hydrogen) atoms. The third-order valence-corrected chi connectivity index (χ3v) is 4.78. The molecule has 2 N–H and O–H groups in total. The number of rotatable bonds is 6. The summed E-state index contributed by atoms with van der Waals surface area (Å²) in [7, 11) is 0. The molecule has 0 unspecified atom stereocenters. The van der Waals surface area contributed by atoms with Crippen LogP contribution in [0.25, 0.3) is 22.0 Å². The standard InChI is InChI=1S/C24H22N4O2/c1-16-10-21(20-4-3-8-25-14-20)11-17(2)24(16)30-15-23(29)28-27-13-18-5-6-19-7-9-26-22(19)12-18/h3-14,26H,15H2,1-2H3,(H,28,29). The van der Waals surface area contributed by atoms with Crippen molar-refractivity contribution in [2.45, 2.75) is 13.8 Å². The lowest BCUT2D eigenvalue weighted by molar-refractivity contribution is -0.123. The van der Waals surface area contributed by atoms with Crippen LogP contribution in [0.5, 0.6) is 5.75 Å². The van der Waals surface area contributed by atoms with E-state index in [1.807, 2.05) is 74.8 Å². The zero-order chi connectivity index (χ0) is 20.9. The number of hydrogen-bond donors (Lipinski definition) is 2. The zero-order valence-corrected chi connectivity index (χ0v) is 16.8. The molecule has 4 aromatic rings. The van der Waals surface area contributed by atoms with Crippen LogP contribution in [-0.4, -0.2) is 28.7 Å². The lowest BCUT2D eigenvalue weighted by Gasteiger charge is -2.13. The van der Waals surface area contributed by atoms with Gasteiger partial charge >= 0.3 is 0 Å². The number of fused-ring (bicyclic) bond motifs is 1. The molecule has 6 nitrogen and oxygen atoms in total. The summed E-state index contributed by atoms with van der Waals surface area (Å²) in [5, 5.41) is 5.15. The predicted octanol–water partition coefficient (Wildman–Crippen LogP) is 4.38. The zero-order valence-electron chi connectivity index (χ0n) is 16.8. The predicted molar refractivity (Wildman–Crippen MR) is 119 cm³/mol. The number of benzene rings is 2. The minimum Gasteiger partial charge on any atom is -0.483 e. The second-order valence-electron chi connectivity index (χ2n) is 7.09. The van der Waals surface area contributed by atoms with E-state index < -0.39 is 0 Å². The molecule has 4 rings (SSSR count). The summed E-state index contributed by atoms with van der Waals surface area (Å²) < 4.78 is 5.76. The number of nitrogens with zero attached hydrogens (tertiary/aromatic N) is 2.